The van der Waals surface area contributed by atoms with Crippen LogP contribution >= 0.6 is 0 Å². The maximum absolute atomic E-state index is 12.0. The van der Waals surface area contributed by atoms with Crippen molar-refractivity contribution in [1.29, 1.82) is 0 Å². The highest BCUT2D eigenvalue weighted by Crippen LogP contribution is 2.23. The first kappa shape index (κ1) is 15.4. The van der Waals surface area contributed by atoms with Crippen LogP contribution in [-0.2, 0) is 19.1 Å². The summed E-state index contributed by atoms with van der Waals surface area (Å²) in [7, 11) is 0. The van der Waals surface area contributed by atoms with Crippen LogP contribution in [0.1, 0.15) is 32.6 Å². The second kappa shape index (κ2) is 7.08. The van der Waals surface area contributed by atoms with Gasteiger partial charge in [0.2, 0.25) is 5.91 Å². The molecule has 0 radical (unpaired) electrons. The molecule has 7 heteroatoms. The van der Waals surface area contributed by atoms with Crippen molar-refractivity contribution in [3.8, 4) is 0 Å². The van der Waals surface area contributed by atoms with E-state index in [1.54, 1.807) is 0 Å². The molecule has 1 aliphatic heterocycles. The lowest BCUT2D eigenvalue weighted by atomic mass is 9.98. The highest BCUT2D eigenvalue weighted by Gasteiger charge is 2.34. The van der Waals surface area contributed by atoms with Crippen molar-refractivity contribution in [2.45, 2.75) is 44.8 Å². The van der Waals surface area contributed by atoms with Gasteiger partial charge < -0.3 is 20.3 Å². The number of carboxylic acid groups (broad SMARTS) is 2. The first-order valence-electron chi connectivity index (χ1n) is 6.32. The fraction of sp³-hybridized carbons (Fsp3) is 0.750. The van der Waals surface area contributed by atoms with Crippen molar-refractivity contribution in [1.82, 2.24) is 5.32 Å². The van der Waals surface area contributed by atoms with E-state index in [2.05, 4.69) is 5.32 Å². The van der Waals surface area contributed by atoms with E-state index in [0.717, 1.165) is 0 Å². The molecule has 1 rings (SSSR count). The SMILES string of the molecule is CCC1OCCC1C(=O)N[C@@H](CCC(=O)O)C(=O)O. The van der Waals surface area contributed by atoms with E-state index >= 15 is 0 Å². The monoisotopic (exact) mass is 273 g/mol. The summed E-state index contributed by atoms with van der Waals surface area (Å²) in [5, 5.41) is 19.9. The van der Waals surface area contributed by atoms with Crippen molar-refractivity contribution >= 4 is 17.8 Å². The summed E-state index contributed by atoms with van der Waals surface area (Å²) < 4.78 is 5.37. The zero-order chi connectivity index (χ0) is 14.4. The average molecular weight is 273 g/mol. The van der Waals surface area contributed by atoms with Gasteiger partial charge in [-0.15, -0.1) is 0 Å². The third kappa shape index (κ3) is 4.51. The summed E-state index contributed by atoms with van der Waals surface area (Å²) >= 11 is 0. The minimum absolute atomic E-state index is 0.124. The summed E-state index contributed by atoms with van der Waals surface area (Å²) in [5.74, 6) is -3.03. The van der Waals surface area contributed by atoms with E-state index in [0.29, 0.717) is 19.4 Å². The molecule has 108 valence electrons. The summed E-state index contributed by atoms with van der Waals surface area (Å²) in [4.78, 5) is 33.4. The first-order chi connectivity index (χ1) is 8.95. The lowest BCUT2D eigenvalue weighted by Crippen LogP contribution is -2.45. The molecule has 0 spiro atoms. The van der Waals surface area contributed by atoms with Crippen LogP contribution in [0.3, 0.4) is 0 Å². The maximum Gasteiger partial charge on any atom is 0.326 e. The molecule has 0 aromatic carbocycles. The zero-order valence-corrected chi connectivity index (χ0v) is 10.8. The molecule has 1 aliphatic rings. The Balaban J connectivity index is 2.55. The molecule has 0 saturated carbocycles. The number of carbonyl (C=O) groups is 3. The fourth-order valence-electron chi connectivity index (χ4n) is 2.15. The number of carbonyl (C=O) groups excluding carboxylic acids is 1. The molecule has 2 unspecified atom stereocenters. The van der Waals surface area contributed by atoms with Gasteiger partial charge in [-0.2, -0.15) is 0 Å². The predicted octanol–water partition coefficient (Wildman–Crippen LogP) is 0.236. The number of ether oxygens (including phenoxy) is 1. The van der Waals surface area contributed by atoms with Gasteiger partial charge in [0.1, 0.15) is 6.04 Å². The number of hydrogen-bond donors (Lipinski definition) is 3. The maximum atomic E-state index is 12.0. The molecule has 1 fully saturated rings. The van der Waals surface area contributed by atoms with Crippen LogP contribution in [0.5, 0.6) is 0 Å². The van der Waals surface area contributed by atoms with E-state index in [1.165, 1.54) is 0 Å². The highest BCUT2D eigenvalue weighted by molar-refractivity contribution is 5.85. The van der Waals surface area contributed by atoms with Gasteiger partial charge in [0.05, 0.1) is 12.0 Å². The number of amides is 1. The van der Waals surface area contributed by atoms with E-state index in [9.17, 15) is 14.4 Å². The highest BCUT2D eigenvalue weighted by atomic mass is 16.5. The minimum Gasteiger partial charge on any atom is -0.481 e. The Morgan fingerprint density at radius 2 is 2.05 bits per heavy atom. The van der Waals surface area contributed by atoms with Crippen LogP contribution in [0.2, 0.25) is 0 Å². The molecule has 7 nitrogen and oxygen atoms in total. The Kier molecular flexibility index (Phi) is 5.75. The molecule has 1 heterocycles. The number of carboxylic acids is 2. The third-order valence-electron chi connectivity index (χ3n) is 3.21. The molecule has 1 saturated heterocycles. The quantitative estimate of drug-likeness (QED) is 0.612. The second-order valence-corrected chi connectivity index (χ2v) is 4.54. The van der Waals surface area contributed by atoms with Crippen LogP contribution in [0, 0.1) is 5.92 Å². The average Bonchev–Trinajstić information content (AvgIpc) is 2.81. The van der Waals surface area contributed by atoms with Gasteiger partial charge in [-0.3, -0.25) is 9.59 Å². The molecular formula is C12H19NO6. The van der Waals surface area contributed by atoms with Crippen LogP contribution in [-0.4, -0.2) is 46.8 Å². The Hall–Kier alpha value is -1.63. The third-order valence-corrected chi connectivity index (χ3v) is 3.21. The van der Waals surface area contributed by atoms with Crippen LogP contribution in [0.15, 0.2) is 0 Å². The smallest absolute Gasteiger partial charge is 0.326 e. The molecule has 1 amide bonds. The lowest BCUT2D eigenvalue weighted by Gasteiger charge is -2.19. The fourth-order valence-corrected chi connectivity index (χ4v) is 2.15. The molecule has 0 bridgehead atoms. The summed E-state index contributed by atoms with van der Waals surface area (Å²) in [5.41, 5.74) is 0. The Bertz CT molecular complexity index is 356. The van der Waals surface area contributed by atoms with Gasteiger partial charge in [-0.1, -0.05) is 6.92 Å². The number of aliphatic carboxylic acids is 2. The molecule has 3 atom stereocenters. The molecule has 19 heavy (non-hydrogen) atoms. The van der Waals surface area contributed by atoms with E-state index < -0.39 is 18.0 Å². The van der Waals surface area contributed by atoms with Gasteiger partial charge in [0.15, 0.2) is 0 Å². The van der Waals surface area contributed by atoms with Crippen molar-refractivity contribution in [3.05, 3.63) is 0 Å². The summed E-state index contributed by atoms with van der Waals surface area (Å²) in [6.45, 7) is 2.39. The Morgan fingerprint density at radius 1 is 1.37 bits per heavy atom. The molecule has 0 aromatic heterocycles. The van der Waals surface area contributed by atoms with E-state index in [1.807, 2.05) is 6.92 Å². The Labute approximate surface area is 110 Å². The number of nitrogens with one attached hydrogen (secondary N) is 1. The topological polar surface area (TPSA) is 113 Å². The standard InChI is InChI=1S/C12H19NO6/c1-2-9-7(5-6-19-9)11(16)13-8(12(17)18)3-4-10(14)15/h7-9H,2-6H2,1H3,(H,13,16)(H,14,15)(H,17,18)/t7?,8-,9?/m0/s1. The van der Waals surface area contributed by atoms with Crippen molar-refractivity contribution in [2.75, 3.05) is 6.61 Å². The predicted molar refractivity (Wildman–Crippen MR) is 64.6 cm³/mol. The zero-order valence-electron chi connectivity index (χ0n) is 10.8. The molecule has 0 aromatic rings. The second-order valence-electron chi connectivity index (χ2n) is 4.54. The number of hydrogen-bond acceptors (Lipinski definition) is 4. The van der Waals surface area contributed by atoms with E-state index in [4.69, 9.17) is 14.9 Å². The largest absolute Gasteiger partial charge is 0.481 e. The van der Waals surface area contributed by atoms with Crippen LogP contribution in [0.25, 0.3) is 0 Å². The Morgan fingerprint density at radius 3 is 2.58 bits per heavy atom. The molecule has 0 aliphatic carbocycles. The van der Waals surface area contributed by atoms with E-state index in [-0.39, 0.29) is 30.8 Å². The van der Waals surface area contributed by atoms with Gasteiger partial charge in [0, 0.05) is 13.0 Å². The lowest BCUT2D eigenvalue weighted by molar-refractivity contribution is -0.144. The van der Waals surface area contributed by atoms with Crippen molar-refractivity contribution in [2.24, 2.45) is 5.92 Å². The van der Waals surface area contributed by atoms with Gasteiger partial charge in [0.25, 0.3) is 0 Å². The van der Waals surface area contributed by atoms with Crippen molar-refractivity contribution < 1.29 is 29.3 Å². The van der Waals surface area contributed by atoms with Gasteiger partial charge in [-0.05, 0) is 19.3 Å². The summed E-state index contributed by atoms with van der Waals surface area (Å²) in [6.07, 6.45) is 0.644. The summed E-state index contributed by atoms with van der Waals surface area (Å²) in [6, 6.07) is -1.17. The van der Waals surface area contributed by atoms with Gasteiger partial charge in [-0.25, -0.2) is 4.79 Å². The molecule has 3 N–H and O–H groups in total. The normalized spacial score (nSPS) is 23.8. The molecular weight excluding hydrogens is 254 g/mol. The number of rotatable bonds is 7. The van der Waals surface area contributed by atoms with Crippen LogP contribution in [0.4, 0.5) is 0 Å². The first-order valence-corrected chi connectivity index (χ1v) is 6.32. The minimum atomic E-state index is -1.22. The van der Waals surface area contributed by atoms with Gasteiger partial charge >= 0.3 is 11.9 Å². The van der Waals surface area contributed by atoms with Crippen LogP contribution < -0.4 is 5.32 Å². The van der Waals surface area contributed by atoms with Crippen molar-refractivity contribution in [3.63, 3.8) is 0 Å².